The molecule has 2 N–H and O–H groups in total. The van der Waals surface area contributed by atoms with Crippen LogP contribution in [0.25, 0.3) is 5.65 Å². The number of nitrogens with one attached hydrogen (secondary N) is 1. The van der Waals surface area contributed by atoms with Crippen molar-refractivity contribution in [2.75, 3.05) is 18.0 Å². The van der Waals surface area contributed by atoms with E-state index in [-0.39, 0.29) is 11.7 Å². The van der Waals surface area contributed by atoms with Crippen LogP contribution < -0.4 is 10.2 Å². The van der Waals surface area contributed by atoms with Crippen molar-refractivity contribution in [2.24, 2.45) is 0 Å². The van der Waals surface area contributed by atoms with Crippen molar-refractivity contribution in [1.82, 2.24) is 14.7 Å². The third-order valence-corrected chi connectivity index (χ3v) is 3.66. The lowest BCUT2D eigenvalue weighted by Crippen LogP contribution is -2.36. The number of hydrogen-bond acceptors (Lipinski definition) is 3. The third-order valence-electron chi connectivity index (χ3n) is 3.66. The van der Waals surface area contributed by atoms with Crippen LogP contribution in [0.15, 0.2) is 24.7 Å². The summed E-state index contributed by atoms with van der Waals surface area (Å²) < 4.78 is 40.8. The van der Waals surface area contributed by atoms with E-state index >= 15 is 0 Å². The summed E-state index contributed by atoms with van der Waals surface area (Å²) in [5, 5.41) is 11.1. The van der Waals surface area contributed by atoms with Gasteiger partial charge in [0.05, 0.1) is 11.7 Å². The summed E-state index contributed by atoms with van der Waals surface area (Å²) in [5.74, 6) is 0. The maximum Gasteiger partial charge on any atom is 0.420 e. The number of amides is 1. The van der Waals surface area contributed by atoms with Crippen LogP contribution >= 0.6 is 0 Å². The summed E-state index contributed by atoms with van der Waals surface area (Å²) in [6, 6.07) is 0.774. The molecule has 0 bridgehead atoms. The minimum absolute atomic E-state index is 0.143. The molecule has 22 heavy (non-hydrogen) atoms. The fourth-order valence-electron chi connectivity index (χ4n) is 2.69. The number of halogens is 3. The van der Waals surface area contributed by atoms with Gasteiger partial charge < -0.3 is 19.7 Å². The second-order valence-electron chi connectivity index (χ2n) is 5.15. The molecule has 0 saturated carbocycles. The van der Waals surface area contributed by atoms with Crippen molar-refractivity contribution < 1.29 is 23.1 Å². The van der Waals surface area contributed by atoms with Gasteiger partial charge in [0.15, 0.2) is 0 Å². The Kier molecular flexibility index (Phi) is 3.34. The van der Waals surface area contributed by atoms with Gasteiger partial charge in [0.1, 0.15) is 11.2 Å². The summed E-state index contributed by atoms with van der Waals surface area (Å²) >= 11 is 0. The molecule has 6 nitrogen and oxygen atoms in total. The molecule has 9 heteroatoms. The molecule has 0 radical (unpaired) electrons. The second kappa shape index (κ2) is 5.08. The molecule has 1 atom stereocenters. The Morgan fingerprint density at radius 3 is 2.91 bits per heavy atom. The quantitative estimate of drug-likeness (QED) is 0.891. The van der Waals surface area contributed by atoms with E-state index in [4.69, 9.17) is 5.11 Å². The lowest BCUT2D eigenvalue weighted by molar-refractivity contribution is -0.136. The van der Waals surface area contributed by atoms with Crippen molar-refractivity contribution >= 4 is 17.4 Å². The Bertz CT molecular complexity index is 713. The number of rotatable bonds is 2. The van der Waals surface area contributed by atoms with Crippen LogP contribution in [-0.4, -0.2) is 39.7 Å². The molecular weight excluding hydrogens is 301 g/mol. The van der Waals surface area contributed by atoms with Crippen LogP contribution in [0.2, 0.25) is 0 Å². The van der Waals surface area contributed by atoms with Crippen molar-refractivity contribution in [3.63, 3.8) is 0 Å². The van der Waals surface area contributed by atoms with Gasteiger partial charge in [-0.25, -0.2) is 9.78 Å². The van der Waals surface area contributed by atoms with Gasteiger partial charge in [-0.2, -0.15) is 13.2 Å². The number of pyridine rings is 1. The molecule has 1 aliphatic rings. The Morgan fingerprint density at radius 1 is 1.45 bits per heavy atom. The van der Waals surface area contributed by atoms with E-state index in [1.165, 1.54) is 16.8 Å². The molecular formula is C13H13F3N4O2. The largest absolute Gasteiger partial charge is 0.465 e. The van der Waals surface area contributed by atoms with E-state index in [1.807, 2.05) is 0 Å². The van der Waals surface area contributed by atoms with Crippen molar-refractivity contribution in [1.29, 1.82) is 0 Å². The SMILES string of the molecule is O=C(O)N[C@@H]1CCN(c2cc(C(F)(F)F)c3nccn3c2)C1. The number of aromatic nitrogens is 2. The molecule has 2 aromatic rings. The van der Waals surface area contributed by atoms with Gasteiger partial charge in [-0.1, -0.05) is 0 Å². The number of fused-ring (bicyclic) bond motifs is 1. The Morgan fingerprint density at radius 2 is 2.23 bits per heavy atom. The molecule has 0 unspecified atom stereocenters. The average molecular weight is 314 g/mol. The lowest BCUT2D eigenvalue weighted by Gasteiger charge is -2.20. The smallest absolute Gasteiger partial charge is 0.420 e. The number of hydrogen-bond donors (Lipinski definition) is 2. The monoisotopic (exact) mass is 314 g/mol. The first-order chi connectivity index (χ1) is 10.3. The fraction of sp³-hybridized carbons (Fsp3) is 0.385. The number of nitrogens with zero attached hydrogens (tertiary/aromatic N) is 3. The maximum absolute atomic E-state index is 13.1. The zero-order chi connectivity index (χ0) is 15.9. The number of imidazole rings is 1. The summed E-state index contributed by atoms with van der Waals surface area (Å²) in [7, 11) is 0. The minimum atomic E-state index is -4.50. The molecule has 1 amide bonds. The average Bonchev–Trinajstić information content (AvgIpc) is 3.03. The van der Waals surface area contributed by atoms with E-state index in [0.717, 1.165) is 6.07 Å². The highest BCUT2D eigenvalue weighted by Gasteiger charge is 2.35. The molecule has 1 fully saturated rings. The van der Waals surface area contributed by atoms with Gasteiger partial charge >= 0.3 is 12.3 Å². The summed E-state index contributed by atoms with van der Waals surface area (Å²) in [4.78, 5) is 16.1. The molecule has 1 aliphatic heterocycles. The summed E-state index contributed by atoms with van der Waals surface area (Å²) in [5.41, 5.74) is -0.548. The molecule has 0 spiro atoms. The van der Waals surface area contributed by atoms with Crippen molar-refractivity contribution in [3.8, 4) is 0 Å². The minimum Gasteiger partial charge on any atom is -0.465 e. The van der Waals surface area contributed by atoms with Crippen LogP contribution in [0, 0.1) is 0 Å². The maximum atomic E-state index is 13.1. The van der Waals surface area contributed by atoms with Gasteiger partial charge in [0.2, 0.25) is 0 Å². The molecule has 3 rings (SSSR count). The number of carbonyl (C=O) groups is 1. The Labute approximate surface area is 123 Å². The van der Waals surface area contributed by atoms with Gasteiger partial charge in [-0.05, 0) is 12.5 Å². The van der Waals surface area contributed by atoms with Gasteiger partial charge in [0.25, 0.3) is 0 Å². The lowest BCUT2D eigenvalue weighted by atomic mass is 10.2. The topological polar surface area (TPSA) is 69.9 Å². The van der Waals surface area contributed by atoms with Crippen LogP contribution in [0.1, 0.15) is 12.0 Å². The van der Waals surface area contributed by atoms with E-state index in [2.05, 4.69) is 10.3 Å². The predicted molar refractivity (Wildman–Crippen MR) is 72.0 cm³/mol. The summed E-state index contributed by atoms with van der Waals surface area (Å²) in [6.07, 6.45) is -0.741. The zero-order valence-corrected chi connectivity index (χ0v) is 11.3. The first-order valence-electron chi connectivity index (χ1n) is 6.63. The highest BCUT2D eigenvalue weighted by Crippen LogP contribution is 2.35. The normalized spacial score (nSPS) is 18.9. The van der Waals surface area contributed by atoms with Gasteiger partial charge in [-0.15, -0.1) is 0 Å². The molecule has 2 aromatic heterocycles. The number of anilines is 1. The molecule has 3 heterocycles. The Balaban J connectivity index is 1.93. The van der Waals surface area contributed by atoms with Crippen molar-refractivity contribution in [3.05, 3.63) is 30.2 Å². The zero-order valence-electron chi connectivity index (χ0n) is 11.3. The predicted octanol–water partition coefficient (Wildman–Crippen LogP) is 2.20. The van der Waals surface area contributed by atoms with Crippen LogP contribution in [0.4, 0.5) is 23.7 Å². The molecule has 118 valence electrons. The highest BCUT2D eigenvalue weighted by molar-refractivity contribution is 5.65. The van der Waals surface area contributed by atoms with Crippen LogP contribution in [0.5, 0.6) is 0 Å². The summed E-state index contributed by atoms with van der Waals surface area (Å²) in [6.45, 7) is 0.826. The van der Waals surface area contributed by atoms with Gasteiger partial charge in [-0.3, -0.25) is 0 Å². The first kappa shape index (κ1) is 14.5. The third kappa shape index (κ3) is 2.66. The standard InChI is InChI=1S/C13H13F3N4O2/c14-13(15,16)10-5-9(7-20-4-2-17-11(10)20)19-3-1-8(6-19)18-12(21)22/h2,4-5,7-8,18H,1,3,6H2,(H,21,22)/t8-/m1/s1. The van der Waals surface area contributed by atoms with Crippen molar-refractivity contribution in [2.45, 2.75) is 18.6 Å². The first-order valence-corrected chi connectivity index (χ1v) is 6.63. The van der Waals surface area contributed by atoms with Crippen LogP contribution in [0.3, 0.4) is 0 Å². The molecule has 0 aliphatic carbocycles. The van der Waals surface area contributed by atoms with Crippen LogP contribution in [-0.2, 0) is 6.18 Å². The number of carboxylic acid groups (broad SMARTS) is 1. The molecule has 0 aromatic carbocycles. The van der Waals surface area contributed by atoms with E-state index < -0.39 is 17.8 Å². The fourth-order valence-corrected chi connectivity index (χ4v) is 2.69. The van der Waals surface area contributed by atoms with E-state index in [9.17, 15) is 18.0 Å². The highest BCUT2D eigenvalue weighted by atomic mass is 19.4. The molecule has 1 saturated heterocycles. The second-order valence-corrected chi connectivity index (χ2v) is 5.15. The van der Waals surface area contributed by atoms with E-state index in [0.29, 0.717) is 25.2 Å². The van der Waals surface area contributed by atoms with E-state index in [1.54, 1.807) is 11.1 Å². The Hall–Kier alpha value is -2.45. The van der Waals surface area contributed by atoms with Gasteiger partial charge in [0, 0.05) is 31.7 Å². The number of alkyl halides is 3.